The van der Waals surface area contributed by atoms with Crippen molar-refractivity contribution in [3.8, 4) is 0 Å². The average Bonchev–Trinajstić information content (AvgIpc) is 3.10. The molecule has 8 nitrogen and oxygen atoms in total. The van der Waals surface area contributed by atoms with E-state index in [9.17, 15) is 18.3 Å². The van der Waals surface area contributed by atoms with Gasteiger partial charge >= 0.3 is 5.97 Å². The van der Waals surface area contributed by atoms with Crippen LogP contribution in [0, 0.1) is 6.92 Å². The highest BCUT2D eigenvalue weighted by atomic mass is 32.2. The number of nitrogens with zero attached hydrogens (tertiary/aromatic N) is 1. The molecule has 146 valence electrons. The van der Waals surface area contributed by atoms with Gasteiger partial charge < -0.3 is 9.84 Å². The number of aromatic amines is 1. The Hall–Kier alpha value is -2.39. The number of aryl methyl sites for hydroxylation is 1. The van der Waals surface area contributed by atoms with Crippen LogP contribution in [0.15, 0.2) is 29.2 Å². The van der Waals surface area contributed by atoms with E-state index in [1.807, 2.05) is 6.92 Å². The number of H-pyrrole nitrogens is 1. The fraction of sp³-hybridized carbons (Fsp3) is 0.444. The molecule has 1 aromatic heterocycles. The molecule has 1 saturated carbocycles. The topological polar surface area (TPSA) is 121 Å². The molecular weight excluding hydrogens is 370 g/mol. The van der Waals surface area contributed by atoms with Crippen LogP contribution in [0.25, 0.3) is 0 Å². The number of hydrogen-bond acceptors (Lipinski definition) is 5. The van der Waals surface area contributed by atoms with Gasteiger partial charge in [-0.1, -0.05) is 17.7 Å². The lowest BCUT2D eigenvalue weighted by atomic mass is 9.85. The molecular formula is C18H23N3O5S. The number of carboxylic acids is 1. The minimum absolute atomic E-state index is 0.110. The standard InChI is InChI=1S/C18H23N3O5S/c1-11-3-7-13(8-4-11)21-27(24,25)17-15(19-20-16(17)18(22)23)12-5-9-14(26-2)10-6-12/h3-4,7-8,12,14,21H,5-6,9-10H2,1-2H3,(H,19,20)(H,22,23). The van der Waals surface area contributed by atoms with Crippen molar-refractivity contribution in [3.05, 3.63) is 41.2 Å². The molecule has 0 amide bonds. The van der Waals surface area contributed by atoms with E-state index in [2.05, 4.69) is 14.9 Å². The number of carbonyl (C=O) groups is 1. The molecule has 2 aromatic rings. The van der Waals surface area contributed by atoms with Crippen LogP contribution in [0.1, 0.15) is 53.3 Å². The molecule has 1 aliphatic rings. The number of carboxylic acid groups (broad SMARTS) is 1. The molecule has 1 fully saturated rings. The molecule has 0 radical (unpaired) electrons. The monoisotopic (exact) mass is 393 g/mol. The predicted octanol–water partition coefficient (Wildman–Crippen LogP) is 2.89. The first-order chi connectivity index (χ1) is 12.8. The van der Waals surface area contributed by atoms with E-state index in [1.54, 1.807) is 31.4 Å². The number of ether oxygens (including phenoxy) is 1. The van der Waals surface area contributed by atoms with Crippen LogP contribution in [0.5, 0.6) is 0 Å². The average molecular weight is 393 g/mol. The van der Waals surface area contributed by atoms with Gasteiger partial charge in [0.2, 0.25) is 0 Å². The van der Waals surface area contributed by atoms with Crippen molar-refractivity contribution in [2.75, 3.05) is 11.8 Å². The predicted molar refractivity (Wildman–Crippen MR) is 99.5 cm³/mol. The van der Waals surface area contributed by atoms with Gasteiger partial charge in [0.25, 0.3) is 10.0 Å². The van der Waals surface area contributed by atoms with Gasteiger partial charge in [0.05, 0.1) is 11.8 Å². The zero-order chi connectivity index (χ0) is 19.6. The molecule has 0 bridgehead atoms. The summed E-state index contributed by atoms with van der Waals surface area (Å²) in [5.41, 5.74) is 1.22. The third-order valence-electron chi connectivity index (χ3n) is 4.94. The lowest BCUT2D eigenvalue weighted by molar-refractivity contribution is 0.0650. The van der Waals surface area contributed by atoms with Gasteiger partial charge in [0, 0.05) is 18.7 Å². The van der Waals surface area contributed by atoms with Gasteiger partial charge in [-0.05, 0) is 44.7 Å². The number of anilines is 1. The van der Waals surface area contributed by atoms with Crippen molar-refractivity contribution >= 4 is 21.7 Å². The highest BCUT2D eigenvalue weighted by Crippen LogP contribution is 2.37. The van der Waals surface area contributed by atoms with Crippen LogP contribution in [0.3, 0.4) is 0 Å². The zero-order valence-electron chi connectivity index (χ0n) is 15.2. The van der Waals surface area contributed by atoms with Crippen LogP contribution >= 0.6 is 0 Å². The normalized spacial score (nSPS) is 20.4. The summed E-state index contributed by atoms with van der Waals surface area (Å²) in [5.74, 6) is -1.49. The van der Waals surface area contributed by atoms with Crippen molar-refractivity contribution in [3.63, 3.8) is 0 Å². The van der Waals surface area contributed by atoms with Crippen molar-refractivity contribution in [2.24, 2.45) is 0 Å². The molecule has 0 saturated heterocycles. The van der Waals surface area contributed by atoms with E-state index in [0.29, 0.717) is 24.2 Å². The fourth-order valence-electron chi connectivity index (χ4n) is 3.45. The molecule has 27 heavy (non-hydrogen) atoms. The fourth-order valence-corrected chi connectivity index (χ4v) is 4.89. The van der Waals surface area contributed by atoms with E-state index in [0.717, 1.165) is 18.4 Å². The molecule has 0 aliphatic heterocycles. The van der Waals surface area contributed by atoms with E-state index >= 15 is 0 Å². The molecule has 3 rings (SSSR count). The smallest absolute Gasteiger partial charge is 0.357 e. The highest BCUT2D eigenvalue weighted by Gasteiger charge is 2.35. The Labute approximate surface area is 158 Å². The van der Waals surface area contributed by atoms with E-state index in [4.69, 9.17) is 4.74 Å². The lowest BCUT2D eigenvalue weighted by Crippen LogP contribution is -2.22. The van der Waals surface area contributed by atoms with E-state index in [1.165, 1.54) is 0 Å². The summed E-state index contributed by atoms with van der Waals surface area (Å²) in [6, 6.07) is 6.82. The summed E-state index contributed by atoms with van der Waals surface area (Å²) in [5, 5.41) is 15.9. The third-order valence-corrected chi connectivity index (χ3v) is 6.39. The van der Waals surface area contributed by atoms with Gasteiger partial charge in [-0.15, -0.1) is 0 Å². The minimum Gasteiger partial charge on any atom is -0.476 e. The maximum atomic E-state index is 13.0. The summed E-state index contributed by atoms with van der Waals surface area (Å²) < 4.78 is 33.8. The number of sulfonamides is 1. The van der Waals surface area contributed by atoms with Crippen molar-refractivity contribution in [1.29, 1.82) is 0 Å². The van der Waals surface area contributed by atoms with Crippen molar-refractivity contribution in [1.82, 2.24) is 10.2 Å². The number of rotatable bonds is 6. The summed E-state index contributed by atoms with van der Waals surface area (Å²) >= 11 is 0. The Morgan fingerprint density at radius 2 is 1.85 bits per heavy atom. The highest BCUT2D eigenvalue weighted by molar-refractivity contribution is 7.92. The van der Waals surface area contributed by atoms with Crippen LogP contribution < -0.4 is 4.72 Å². The summed E-state index contributed by atoms with van der Waals surface area (Å²) in [7, 11) is -2.46. The molecule has 3 N–H and O–H groups in total. The molecule has 0 atom stereocenters. The number of aromatic nitrogens is 2. The quantitative estimate of drug-likeness (QED) is 0.694. The summed E-state index contributed by atoms with van der Waals surface area (Å²) in [6.07, 6.45) is 3.12. The zero-order valence-corrected chi connectivity index (χ0v) is 16.0. The second-order valence-electron chi connectivity index (χ2n) is 6.80. The Morgan fingerprint density at radius 3 is 2.41 bits per heavy atom. The molecule has 1 heterocycles. The first kappa shape index (κ1) is 19.4. The largest absolute Gasteiger partial charge is 0.476 e. The first-order valence-corrected chi connectivity index (χ1v) is 10.2. The van der Waals surface area contributed by atoms with E-state index in [-0.39, 0.29) is 16.9 Å². The van der Waals surface area contributed by atoms with Crippen molar-refractivity contribution < 1.29 is 23.1 Å². The molecule has 1 aliphatic carbocycles. The maximum absolute atomic E-state index is 13.0. The molecule has 9 heteroatoms. The van der Waals surface area contributed by atoms with E-state index < -0.39 is 21.7 Å². The maximum Gasteiger partial charge on any atom is 0.357 e. The lowest BCUT2D eigenvalue weighted by Gasteiger charge is -2.27. The number of benzene rings is 1. The Balaban J connectivity index is 1.96. The summed E-state index contributed by atoms with van der Waals surface area (Å²) in [6.45, 7) is 1.89. The number of hydrogen-bond donors (Lipinski definition) is 3. The van der Waals surface area contributed by atoms with Crippen molar-refractivity contribution in [2.45, 2.75) is 49.5 Å². The second kappa shape index (κ2) is 7.69. The van der Waals surface area contributed by atoms with Crippen LogP contribution in [-0.2, 0) is 14.8 Å². The Bertz CT molecular complexity index is 913. The Kier molecular flexibility index (Phi) is 5.52. The van der Waals surface area contributed by atoms with Gasteiger partial charge in [-0.2, -0.15) is 5.10 Å². The minimum atomic E-state index is -4.11. The van der Waals surface area contributed by atoms with Crippen LogP contribution in [-0.4, -0.2) is 42.9 Å². The van der Waals surface area contributed by atoms with Crippen LogP contribution in [0.4, 0.5) is 5.69 Å². The van der Waals surface area contributed by atoms with Gasteiger partial charge in [-0.25, -0.2) is 13.2 Å². The first-order valence-electron chi connectivity index (χ1n) is 8.75. The SMILES string of the molecule is COC1CCC(c2[nH]nc(C(=O)O)c2S(=O)(=O)Nc2ccc(C)cc2)CC1. The number of nitrogens with one attached hydrogen (secondary N) is 2. The molecule has 0 unspecified atom stereocenters. The van der Waals surface area contributed by atoms with Gasteiger partial charge in [0.1, 0.15) is 4.90 Å². The Morgan fingerprint density at radius 1 is 1.22 bits per heavy atom. The van der Waals surface area contributed by atoms with Gasteiger partial charge in [0.15, 0.2) is 5.69 Å². The number of methoxy groups -OCH3 is 1. The second-order valence-corrected chi connectivity index (χ2v) is 8.42. The molecule has 0 spiro atoms. The third kappa shape index (κ3) is 4.14. The summed E-state index contributed by atoms with van der Waals surface area (Å²) in [4.78, 5) is 11.3. The number of aromatic carboxylic acids is 1. The van der Waals surface area contributed by atoms with Crippen LogP contribution in [0.2, 0.25) is 0 Å². The van der Waals surface area contributed by atoms with Gasteiger partial charge in [-0.3, -0.25) is 9.82 Å². The molecule has 1 aromatic carbocycles.